The lowest BCUT2D eigenvalue weighted by atomic mass is 10.0. The average molecular weight is 431 g/mol. The second-order valence-electron chi connectivity index (χ2n) is 8.35. The number of amides is 2. The molecule has 2 aromatic rings. The minimum Gasteiger partial charge on any atom is -0.343 e. The highest BCUT2D eigenvalue weighted by molar-refractivity contribution is 7.18. The number of aryl methyl sites for hydroxylation is 2. The van der Waals surface area contributed by atoms with E-state index in [4.69, 9.17) is 0 Å². The third kappa shape index (κ3) is 4.02. The molecule has 30 heavy (non-hydrogen) atoms. The molecular weight excluding hydrogens is 400 g/mol. The summed E-state index contributed by atoms with van der Waals surface area (Å²) in [5.41, 5.74) is 1.12. The summed E-state index contributed by atoms with van der Waals surface area (Å²) >= 11 is 1.58. The summed E-state index contributed by atoms with van der Waals surface area (Å²) in [6.45, 7) is 6.89. The first-order valence-corrected chi connectivity index (χ1v) is 11.9. The van der Waals surface area contributed by atoms with Crippen molar-refractivity contribution in [3.63, 3.8) is 0 Å². The van der Waals surface area contributed by atoms with Gasteiger partial charge in [0.15, 0.2) is 0 Å². The molecule has 2 fully saturated rings. The Kier molecular flexibility index (Phi) is 6.22. The number of nitrogens with zero attached hydrogens (tertiary/aromatic N) is 4. The molecule has 0 aromatic carbocycles. The van der Waals surface area contributed by atoms with Crippen LogP contribution in [-0.4, -0.2) is 57.3 Å². The fraction of sp³-hybridized carbons (Fsp3) is 0.636. The zero-order valence-corrected chi connectivity index (χ0v) is 18.7. The molecule has 162 valence electrons. The Morgan fingerprint density at radius 1 is 1.27 bits per heavy atom. The normalized spacial score (nSPS) is 19.8. The molecule has 2 saturated heterocycles. The molecule has 0 radical (unpaired) electrons. The topological polar surface area (TPSA) is 75.5 Å². The Morgan fingerprint density at radius 3 is 2.83 bits per heavy atom. The zero-order chi connectivity index (χ0) is 21.3. The van der Waals surface area contributed by atoms with Crippen LogP contribution in [0.1, 0.15) is 61.9 Å². The van der Waals surface area contributed by atoms with E-state index in [0.717, 1.165) is 59.4 Å². The van der Waals surface area contributed by atoms with E-state index < -0.39 is 0 Å². The minimum atomic E-state index is -0.0304. The summed E-state index contributed by atoms with van der Waals surface area (Å²) in [4.78, 5) is 48.0. The van der Waals surface area contributed by atoms with E-state index in [1.165, 1.54) is 0 Å². The van der Waals surface area contributed by atoms with Gasteiger partial charge in [-0.3, -0.25) is 19.0 Å². The monoisotopic (exact) mass is 430 g/mol. The summed E-state index contributed by atoms with van der Waals surface area (Å²) in [7, 11) is 0. The van der Waals surface area contributed by atoms with Crippen molar-refractivity contribution in [3.05, 3.63) is 27.1 Å². The van der Waals surface area contributed by atoms with E-state index in [9.17, 15) is 14.4 Å². The number of carbonyl (C=O) groups is 2. The van der Waals surface area contributed by atoms with Crippen molar-refractivity contribution in [1.29, 1.82) is 0 Å². The van der Waals surface area contributed by atoms with Crippen LogP contribution in [-0.2, 0) is 16.0 Å². The molecule has 4 rings (SSSR count). The van der Waals surface area contributed by atoms with Crippen LogP contribution in [0.5, 0.6) is 0 Å². The van der Waals surface area contributed by atoms with Crippen LogP contribution in [0.3, 0.4) is 0 Å². The number of rotatable bonds is 6. The second-order valence-corrected chi connectivity index (χ2v) is 9.55. The van der Waals surface area contributed by atoms with Crippen LogP contribution in [0.4, 0.5) is 0 Å². The molecule has 2 amide bonds. The standard InChI is InChI=1S/C22H30N4O3S/c1-3-17-15(2)30-21-20(17)22(29)26(14-23-21)16-7-4-12-25(13-16)19(28)9-6-11-24-10-5-8-18(24)27/h14,16H,3-13H2,1-2H3/t16-/m0/s1. The molecular formula is C22H30N4O3S. The molecule has 2 aromatic heterocycles. The summed E-state index contributed by atoms with van der Waals surface area (Å²) < 4.78 is 1.75. The second kappa shape index (κ2) is 8.88. The van der Waals surface area contributed by atoms with Crippen LogP contribution < -0.4 is 5.56 Å². The number of thiophene rings is 1. The van der Waals surface area contributed by atoms with Crippen LogP contribution in [0.2, 0.25) is 0 Å². The molecule has 0 spiro atoms. The van der Waals surface area contributed by atoms with Gasteiger partial charge in [-0.15, -0.1) is 11.3 Å². The first-order chi connectivity index (χ1) is 14.5. The van der Waals surface area contributed by atoms with Crippen molar-refractivity contribution in [1.82, 2.24) is 19.4 Å². The summed E-state index contributed by atoms with van der Waals surface area (Å²) in [6.07, 6.45) is 6.97. The molecule has 0 N–H and O–H groups in total. The Morgan fingerprint density at radius 2 is 2.10 bits per heavy atom. The van der Waals surface area contributed by atoms with Crippen molar-refractivity contribution in [3.8, 4) is 0 Å². The molecule has 2 aliphatic heterocycles. The van der Waals surface area contributed by atoms with Crippen LogP contribution >= 0.6 is 11.3 Å². The van der Waals surface area contributed by atoms with Gasteiger partial charge >= 0.3 is 0 Å². The number of carbonyl (C=O) groups excluding carboxylic acids is 2. The van der Waals surface area contributed by atoms with Gasteiger partial charge in [-0.2, -0.15) is 0 Å². The lowest BCUT2D eigenvalue weighted by molar-refractivity contribution is -0.134. The van der Waals surface area contributed by atoms with E-state index in [-0.39, 0.29) is 23.4 Å². The van der Waals surface area contributed by atoms with Gasteiger partial charge in [-0.05, 0) is 44.6 Å². The summed E-state index contributed by atoms with van der Waals surface area (Å²) in [5, 5.41) is 0.751. The van der Waals surface area contributed by atoms with Crippen molar-refractivity contribution in [2.75, 3.05) is 26.2 Å². The van der Waals surface area contributed by atoms with Crippen molar-refractivity contribution >= 4 is 33.4 Å². The third-order valence-corrected chi connectivity index (χ3v) is 7.48. The number of piperidine rings is 1. The smallest absolute Gasteiger partial charge is 0.262 e. The van der Waals surface area contributed by atoms with E-state index >= 15 is 0 Å². The van der Waals surface area contributed by atoms with Gasteiger partial charge in [0.25, 0.3) is 5.56 Å². The molecule has 0 saturated carbocycles. The van der Waals surface area contributed by atoms with Crippen LogP contribution in [0.15, 0.2) is 11.1 Å². The Labute approximate surface area is 180 Å². The Hall–Kier alpha value is -2.22. The summed E-state index contributed by atoms with van der Waals surface area (Å²) in [6, 6.07) is -0.0304. The maximum absolute atomic E-state index is 13.2. The number of likely N-dealkylation sites (tertiary alicyclic amines) is 2. The maximum atomic E-state index is 13.2. The minimum absolute atomic E-state index is 0.0213. The highest BCUT2D eigenvalue weighted by Gasteiger charge is 2.27. The van der Waals surface area contributed by atoms with Crippen molar-refractivity contribution in [2.24, 2.45) is 0 Å². The van der Waals surface area contributed by atoms with Crippen molar-refractivity contribution in [2.45, 2.75) is 64.8 Å². The lowest BCUT2D eigenvalue weighted by Gasteiger charge is -2.33. The van der Waals surface area contributed by atoms with E-state index in [1.54, 1.807) is 22.2 Å². The molecule has 1 atom stereocenters. The third-order valence-electron chi connectivity index (χ3n) is 6.42. The van der Waals surface area contributed by atoms with Gasteiger partial charge in [0, 0.05) is 43.9 Å². The molecule has 8 heteroatoms. The van der Waals surface area contributed by atoms with Gasteiger partial charge < -0.3 is 9.80 Å². The predicted molar refractivity (Wildman–Crippen MR) is 118 cm³/mol. The number of fused-ring (bicyclic) bond motifs is 1. The summed E-state index contributed by atoms with van der Waals surface area (Å²) in [5.74, 6) is 0.326. The number of hydrogen-bond donors (Lipinski definition) is 0. The molecule has 0 aliphatic carbocycles. The quantitative estimate of drug-likeness (QED) is 0.706. The van der Waals surface area contributed by atoms with E-state index in [2.05, 4.69) is 11.9 Å². The highest BCUT2D eigenvalue weighted by atomic mass is 32.1. The fourth-order valence-electron chi connectivity index (χ4n) is 4.78. The lowest BCUT2D eigenvalue weighted by Crippen LogP contribution is -2.43. The molecule has 4 heterocycles. The zero-order valence-electron chi connectivity index (χ0n) is 17.9. The SMILES string of the molecule is CCc1c(C)sc2ncn([C@H]3CCCN(C(=O)CCCN4CCCC4=O)C3)c(=O)c12. The largest absolute Gasteiger partial charge is 0.343 e. The van der Waals surface area contributed by atoms with E-state index in [0.29, 0.717) is 32.4 Å². The predicted octanol–water partition coefficient (Wildman–Crippen LogP) is 2.89. The van der Waals surface area contributed by atoms with Gasteiger partial charge in [-0.1, -0.05) is 6.92 Å². The van der Waals surface area contributed by atoms with Crippen LogP contribution in [0, 0.1) is 6.92 Å². The average Bonchev–Trinajstić information content (AvgIpc) is 3.30. The van der Waals surface area contributed by atoms with E-state index in [1.807, 2.05) is 16.7 Å². The molecule has 0 unspecified atom stereocenters. The first kappa shape index (κ1) is 21.0. The Balaban J connectivity index is 1.43. The van der Waals surface area contributed by atoms with Gasteiger partial charge in [0.1, 0.15) is 4.83 Å². The van der Waals surface area contributed by atoms with Crippen LogP contribution in [0.25, 0.3) is 10.2 Å². The molecule has 2 aliphatic rings. The van der Waals surface area contributed by atoms with Crippen molar-refractivity contribution < 1.29 is 9.59 Å². The number of hydrogen-bond acceptors (Lipinski definition) is 5. The fourth-order valence-corrected chi connectivity index (χ4v) is 5.86. The van der Waals surface area contributed by atoms with Gasteiger partial charge in [0.2, 0.25) is 11.8 Å². The maximum Gasteiger partial charge on any atom is 0.262 e. The first-order valence-electron chi connectivity index (χ1n) is 11.0. The number of aromatic nitrogens is 2. The van der Waals surface area contributed by atoms with Gasteiger partial charge in [0.05, 0.1) is 17.8 Å². The Bertz CT molecular complexity index is 1010. The highest BCUT2D eigenvalue weighted by Crippen LogP contribution is 2.28. The molecule has 0 bridgehead atoms. The molecule has 7 nitrogen and oxygen atoms in total. The van der Waals surface area contributed by atoms with Gasteiger partial charge in [-0.25, -0.2) is 4.98 Å².